The van der Waals surface area contributed by atoms with Crippen molar-refractivity contribution in [2.45, 2.75) is 37.8 Å². The molecule has 2 rings (SSSR count). The molecule has 1 fully saturated rings. The zero-order chi connectivity index (χ0) is 12.3. The molecule has 0 saturated heterocycles. The van der Waals surface area contributed by atoms with Gasteiger partial charge in [-0.05, 0) is 41.6 Å². The number of aliphatic hydroxyl groups excluding tert-OH is 1. The van der Waals surface area contributed by atoms with Gasteiger partial charge in [-0.2, -0.15) is 4.98 Å². The van der Waals surface area contributed by atoms with Crippen LogP contribution < -0.4 is 16.6 Å². The van der Waals surface area contributed by atoms with Gasteiger partial charge in [0.15, 0.2) is 0 Å². The normalized spacial score (nSPS) is 24.4. The molecular formula is C10H16BrN5O. The molecule has 1 aromatic rings. The third-order valence-electron chi connectivity index (χ3n) is 2.91. The van der Waals surface area contributed by atoms with E-state index in [1.54, 1.807) is 6.20 Å². The summed E-state index contributed by atoms with van der Waals surface area (Å²) in [5.74, 6) is 6.38. The molecule has 94 valence electrons. The molecule has 0 unspecified atom stereocenters. The van der Waals surface area contributed by atoms with Gasteiger partial charge in [-0.25, -0.2) is 10.8 Å². The molecular weight excluding hydrogens is 286 g/mol. The van der Waals surface area contributed by atoms with Gasteiger partial charge in [-0.15, -0.1) is 0 Å². The van der Waals surface area contributed by atoms with Gasteiger partial charge in [0.1, 0.15) is 5.82 Å². The Labute approximate surface area is 108 Å². The number of anilines is 2. The average molecular weight is 302 g/mol. The lowest BCUT2D eigenvalue weighted by atomic mass is 9.93. The molecule has 0 spiro atoms. The highest BCUT2D eigenvalue weighted by atomic mass is 79.9. The molecule has 0 atom stereocenters. The van der Waals surface area contributed by atoms with E-state index in [1.165, 1.54) is 0 Å². The van der Waals surface area contributed by atoms with Crippen molar-refractivity contribution in [2.24, 2.45) is 5.84 Å². The SMILES string of the molecule is NNc1ncc(Br)c(NC2CCC(O)CC2)n1. The lowest BCUT2D eigenvalue weighted by molar-refractivity contribution is 0.126. The summed E-state index contributed by atoms with van der Waals surface area (Å²) in [4.78, 5) is 8.22. The van der Waals surface area contributed by atoms with Gasteiger partial charge < -0.3 is 10.4 Å². The van der Waals surface area contributed by atoms with Gasteiger partial charge in [-0.1, -0.05) is 0 Å². The number of aromatic nitrogens is 2. The summed E-state index contributed by atoms with van der Waals surface area (Å²) in [5.41, 5.74) is 2.42. The summed E-state index contributed by atoms with van der Waals surface area (Å²) < 4.78 is 0.808. The largest absolute Gasteiger partial charge is 0.393 e. The lowest BCUT2D eigenvalue weighted by Gasteiger charge is -2.26. The predicted molar refractivity (Wildman–Crippen MR) is 69.4 cm³/mol. The number of nitrogens with zero attached hydrogens (tertiary/aromatic N) is 2. The molecule has 0 bridgehead atoms. The first-order valence-electron chi connectivity index (χ1n) is 5.63. The van der Waals surface area contributed by atoms with Crippen LogP contribution in [0.25, 0.3) is 0 Å². The van der Waals surface area contributed by atoms with Crippen molar-refractivity contribution in [3.63, 3.8) is 0 Å². The third kappa shape index (κ3) is 3.27. The third-order valence-corrected chi connectivity index (χ3v) is 3.49. The molecule has 5 N–H and O–H groups in total. The van der Waals surface area contributed by atoms with Gasteiger partial charge in [-0.3, -0.25) is 5.43 Å². The Morgan fingerprint density at radius 1 is 1.35 bits per heavy atom. The van der Waals surface area contributed by atoms with E-state index in [0.29, 0.717) is 12.0 Å². The number of rotatable bonds is 3. The smallest absolute Gasteiger partial charge is 0.239 e. The number of nitrogens with two attached hydrogens (primary N) is 1. The molecule has 0 aliphatic heterocycles. The fourth-order valence-corrected chi connectivity index (χ4v) is 2.26. The molecule has 6 nitrogen and oxygen atoms in total. The summed E-state index contributed by atoms with van der Waals surface area (Å²) in [6.07, 6.45) is 5.07. The first-order valence-corrected chi connectivity index (χ1v) is 6.42. The molecule has 1 heterocycles. The minimum atomic E-state index is -0.150. The second-order valence-electron chi connectivity index (χ2n) is 4.18. The standard InChI is InChI=1S/C10H16BrN5O/c11-8-5-13-10(16-12)15-9(8)14-6-1-3-7(17)4-2-6/h5-7,17H,1-4,12H2,(H2,13,14,15,16). The zero-order valence-electron chi connectivity index (χ0n) is 9.36. The van der Waals surface area contributed by atoms with E-state index in [-0.39, 0.29) is 6.10 Å². The highest BCUT2D eigenvalue weighted by Gasteiger charge is 2.20. The number of aliphatic hydroxyl groups is 1. The summed E-state index contributed by atoms with van der Waals surface area (Å²) >= 11 is 3.39. The zero-order valence-corrected chi connectivity index (χ0v) is 10.9. The summed E-state index contributed by atoms with van der Waals surface area (Å²) in [5, 5.41) is 12.8. The summed E-state index contributed by atoms with van der Waals surface area (Å²) in [6.45, 7) is 0. The maximum Gasteiger partial charge on any atom is 0.239 e. The number of hydrogen-bond acceptors (Lipinski definition) is 6. The van der Waals surface area contributed by atoms with E-state index >= 15 is 0 Å². The Kier molecular flexibility index (Phi) is 4.14. The van der Waals surface area contributed by atoms with E-state index in [9.17, 15) is 5.11 Å². The van der Waals surface area contributed by atoms with E-state index < -0.39 is 0 Å². The van der Waals surface area contributed by atoms with Crippen LogP contribution in [0.15, 0.2) is 10.7 Å². The van der Waals surface area contributed by atoms with Gasteiger partial charge in [0.25, 0.3) is 0 Å². The predicted octanol–water partition coefficient (Wildman–Crippen LogP) is 1.24. The second-order valence-corrected chi connectivity index (χ2v) is 5.04. The maximum atomic E-state index is 9.44. The average Bonchev–Trinajstić information content (AvgIpc) is 2.35. The van der Waals surface area contributed by atoms with Crippen molar-refractivity contribution in [3.05, 3.63) is 10.7 Å². The molecule has 1 saturated carbocycles. The van der Waals surface area contributed by atoms with Crippen LogP contribution >= 0.6 is 15.9 Å². The van der Waals surface area contributed by atoms with Crippen LogP contribution in [0.3, 0.4) is 0 Å². The van der Waals surface area contributed by atoms with Crippen molar-refractivity contribution < 1.29 is 5.11 Å². The Hall–Kier alpha value is -0.920. The van der Waals surface area contributed by atoms with Crippen LogP contribution in [0.2, 0.25) is 0 Å². The molecule has 1 aliphatic carbocycles. The number of nitrogens with one attached hydrogen (secondary N) is 2. The molecule has 7 heteroatoms. The fourth-order valence-electron chi connectivity index (χ4n) is 1.95. The topological polar surface area (TPSA) is 96.1 Å². The molecule has 1 aromatic heterocycles. The lowest BCUT2D eigenvalue weighted by Crippen LogP contribution is -2.28. The number of nitrogen functional groups attached to an aromatic ring is 1. The number of hydrazine groups is 1. The van der Waals surface area contributed by atoms with E-state index in [4.69, 9.17) is 5.84 Å². The highest BCUT2D eigenvalue weighted by Crippen LogP contribution is 2.25. The monoisotopic (exact) mass is 301 g/mol. The van der Waals surface area contributed by atoms with Gasteiger partial charge >= 0.3 is 0 Å². The van der Waals surface area contributed by atoms with Crippen LogP contribution in [0.1, 0.15) is 25.7 Å². The Morgan fingerprint density at radius 2 is 2.06 bits per heavy atom. The number of hydrogen-bond donors (Lipinski definition) is 4. The van der Waals surface area contributed by atoms with Crippen LogP contribution in [0.5, 0.6) is 0 Å². The first kappa shape index (κ1) is 12.5. The van der Waals surface area contributed by atoms with Crippen molar-refractivity contribution in [1.82, 2.24) is 9.97 Å². The van der Waals surface area contributed by atoms with Crippen molar-refractivity contribution >= 4 is 27.7 Å². The van der Waals surface area contributed by atoms with E-state index in [0.717, 1.165) is 36.0 Å². The van der Waals surface area contributed by atoms with Crippen molar-refractivity contribution in [1.29, 1.82) is 0 Å². The minimum Gasteiger partial charge on any atom is -0.393 e. The summed E-state index contributed by atoms with van der Waals surface area (Å²) in [7, 11) is 0. The van der Waals surface area contributed by atoms with Crippen molar-refractivity contribution in [2.75, 3.05) is 10.7 Å². The highest BCUT2D eigenvalue weighted by molar-refractivity contribution is 9.10. The van der Waals surface area contributed by atoms with Crippen LogP contribution in [0, 0.1) is 0 Å². The van der Waals surface area contributed by atoms with E-state index in [2.05, 4.69) is 36.6 Å². The summed E-state index contributed by atoms with van der Waals surface area (Å²) in [6, 6.07) is 0.343. The van der Waals surface area contributed by atoms with Gasteiger partial charge in [0, 0.05) is 12.2 Å². The molecule has 0 radical (unpaired) electrons. The molecule has 0 aromatic carbocycles. The molecule has 17 heavy (non-hydrogen) atoms. The van der Waals surface area contributed by atoms with E-state index in [1.807, 2.05) is 0 Å². The molecule has 0 amide bonds. The maximum absolute atomic E-state index is 9.44. The van der Waals surface area contributed by atoms with Gasteiger partial charge in [0.2, 0.25) is 5.95 Å². The Bertz CT molecular complexity index is 381. The second kappa shape index (κ2) is 5.61. The quantitative estimate of drug-likeness (QED) is 0.495. The molecule has 1 aliphatic rings. The Morgan fingerprint density at radius 3 is 2.71 bits per heavy atom. The van der Waals surface area contributed by atoms with Crippen LogP contribution in [-0.4, -0.2) is 27.2 Å². The van der Waals surface area contributed by atoms with Gasteiger partial charge in [0.05, 0.1) is 10.6 Å². The van der Waals surface area contributed by atoms with Crippen LogP contribution in [-0.2, 0) is 0 Å². The fraction of sp³-hybridized carbons (Fsp3) is 0.600. The van der Waals surface area contributed by atoms with Crippen molar-refractivity contribution in [3.8, 4) is 0 Å². The minimum absolute atomic E-state index is 0.150. The number of halogens is 1. The van der Waals surface area contributed by atoms with Crippen LogP contribution in [0.4, 0.5) is 11.8 Å². The Balaban J connectivity index is 2.02. The first-order chi connectivity index (χ1) is 8.19.